The normalized spacial score (nSPS) is 12.0. The molecule has 56 valence electrons. The molecule has 0 fully saturated rings. The summed E-state index contributed by atoms with van der Waals surface area (Å²) in [6.45, 7) is 8.89. The number of hydroxylamine groups is 2. The predicted octanol–water partition coefficient (Wildman–Crippen LogP) is 1.74. The molecule has 0 unspecified atom stereocenters. The van der Waals surface area contributed by atoms with Gasteiger partial charge < -0.3 is 5.21 Å². The van der Waals surface area contributed by atoms with Gasteiger partial charge in [0.25, 0.3) is 0 Å². The molecule has 0 radical (unpaired) electrons. The first kappa shape index (κ1) is 8.92. The molecule has 9 heavy (non-hydrogen) atoms. The van der Waals surface area contributed by atoms with Crippen molar-refractivity contribution in [1.29, 1.82) is 0 Å². The van der Waals surface area contributed by atoms with Gasteiger partial charge in [0.05, 0.1) is 0 Å². The van der Waals surface area contributed by atoms with Crippen molar-refractivity contribution in [2.45, 2.75) is 33.7 Å². The van der Waals surface area contributed by atoms with Crippen molar-refractivity contribution in [3.63, 3.8) is 0 Å². The Kier molecular flexibility index (Phi) is 3.82. The van der Waals surface area contributed by atoms with Crippen molar-refractivity contribution < 1.29 is 5.21 Å². The summed E-state index contributed by atoms with van der Waals surface area (Å²) in [6, 6.07) is 0.243. The van der Waals surface area contributed by atoms with E-state index in [9.17, 15) is 0 Å². The largest absolute Gasteiger partial charge is 0.314 e. The molecule has 0 spiro atoms. The zero-order chi connectivity index (χ0) is 7.44. The summed E-state index contributed by atoms with van der Waals surface area (Å²) in [6.07, 6.45) is 0. The molecule has 0 aromatic heterocycles. The first-order valence-corrected chi connectivity index (χ1v) is 3.49. The maximum Gasteiger partial charge on any atom is 0.0293 e. The Morgan fingerprint density at radius 1 is 1.22 bits per heavy atom. The van der Waals surface area contributed by atoms with Gasteiger partial charge in [0.1, 0.15) is 0 Å². The highest BCUT2D eigenvalue weighted by molar-refractivity contribution is 4.53. The average molecular weight is 131 g/mol. The number of rotatable bonds is 3. The molecule has 0 aliphatic carbocycles. The fourth-order valence-electron chi connectivity index (χ4n) is 0.585. The van der Waals surface area contributed by atoms with Crippen LogP contribution < -0.4 is 0 Å². The van der Waals surface area contributed by atoms with Crippen LogP contribution in [0.25, 0.3) is 0 Å². The third kappa shape index (κ3) is 4.43. The van der Waals surface area contributed by atoms with Crippen molar-refractivity contribution >= 4 is 0 Å². The van der Waals surface area contributed by atoms with Gasteiger partial charge in [-0.25, -0.2) is 0 Å². The van der Waals surface area contributed by atoms with E-state index in [0.29, 0.717) is 5.92 Å². The van der Waals surface area contributed by atoms with E-state index in [1.54, 1.807) is 0 Å². The second-order valence-electron chi connectivity index (χ2n) is 3.11. The van der Waals surface area contributed by atoms with Crippen LogP contribution in [0.15, 0.2) is 0 Å². The standard InChI is InChI=1S/C7H17NO/c1-6(2)5-8(9)7(3)4/h6-7,9H,5H2,1-4H3. The van der Waals surface area contributed by atoms with Crippen molar-refractivity contribution in [2.24, 2.45) is 5.92 Å². The molecule has 2 nitrogen and oxygen atoms in total. The van der Waals surface area contributed by atoms with Gasteiger partial charge in [0.2, 0.25) is 0 Å². The smallest absolute Gasteiger partial charge is 0.0293 e. The van der Waals surface area contributed by atoms with E-state index in [4.69, 9.17) is 5.21 Å². The number of hydrogen-bond acceptors (Lipinski definition) is 2. The van der Waals surface area contributed by atoms with Crippen LogP contribution in [0.3, 0.4) is 0 Å². The Bertz CT molecular complexity index is 71.3. The Balaban J connectivity index is 3.38. The number of hydrogen-bond donors (Lipinski definition) is 1. The average Bonchev–Trinajstić information content (AvgIpc) is 1.63. The highest BCUT2D eigenvalue weighted by Crippen LogP contribution is 1.98. The molecule has 0 saturated carbocycles. The summed E-state index contributed by atoms with van der Waals surface area (Å²) >= 11 is 0. The van der Waals surface area contributed by atoms with Gasteiger partial charge in [-0.05, 0) is 19.8 Å². The van der Waals surface area contributed by atoms with Gasteiger partial charge in [-0.15, -0.1) is 0 Å². The van der Waals surface area contributed by atoms with Gasteiger partial charge in [-0.1, -0.05) is 13.8 Å². The Labute approximate surface area is 57.4 Å². The van der Waals surface area contributed by atoms with E-state index in [1.807, 2.05) is 13.8 Å². The lowest BCUT2D eigenvalue weighted by molar-refractivity contribution is -0.123. The zero-order valence-electron chi connectivity index (χ0n) is 6.76. The van der Waals surface area contributed by atoms with E-state index < -0.39 is 0 Å². The fraction of sp³-hybridized carbons (Fsp3) is 1.00. The molecule has 0 bridgehead atoms. The van der Waals surface area contributed by atoms with Gasteiger partial charge in [-0.2, -0.15) is 5.06 Å². The lowest BCUT2D eigenvalue weighted by Crippen LogP contribution is -2.30. The summed E-state index contributed by atoms with van der Waals surface area (Å²) in [5.41, 5.74) is 0. The molecular weight excluding hydrogens is 114 g/mol. The van der Waals surface area contributed by atoms with Crippen LogP contribution >= 0.6 is 0 Å². The summed E-state index contributed by atoms with van der Waals surface area (Å²) in [5, 5.41) is 10.5. The quantitative estimate of drug-likeness (QED) is 0.590. The maximum atomic E-state index is 9.13. The molecule has 0 aliphatic heterocycles. The summed E-state index contributed by atoms with van der Waals surface area (Å²) in [7, 11) is 0. The van der Waals surface area contributed by atoms with Crippen molar-refractivity contribution in [1.82, 2.24) is 5.06 Å². The fourth-order valence-corrected chi connectivity index (χ4v) is 0.585. The van der Waals surface area contributed by atoms with E-state index in [1.165, 1.54) is 5.06 Å². The van der Waals surface area contributed by atoms with Crippen LogP contribution in [0.4, 0.5) is 0 Å². The molecule has 0 amide bonds. The first-order chi connectivity index (χ1) is 4.04. The van der Waals surface area contributed by atoms with Crippen molar-refractivity contribution in [2.75, 3.05) is 6.54 Å². The minimum absolute atomic E-state index is 0.243. The van der Waals surface area contributed by atoms with Crippen LogP contribution in [0.2, 0.25) is 0 Å². The Morgan fingerprint density at radius 2 is 1.67 bits per heavy atom. The third-order valence-electron chi connectivity index (χ3n) is 1.15. The second kappa shape index (κ2) is 3.85. The lowest BCUT2D eigenvalue weighted by Gasteiger charge is -2.20. The van der Waals surface area contributed by atoms with Gasteiger partial charge >= 0.3 is 0 Å². The molecule has 0 atom stereocenters. The van der Waals surface area contributed by atoms with Crippen LogP contribution in [0, 0.1) is 5.92 Å². The summed E-state index contributed by atoms with van der Waals surface area (Å²) < 4.78 is 0. The van der Waals surface area contributed by atoms with E-state index in [2.05, 4.69) is 13.8 Å². The lowest BCUT2D eigenvalue weighted by atomic mass is 10.2. The highest BCUT2D eigenvalue weighted by Gasteiger charge is 2.05. The SMILES string of the molecule is CC(C)CN(O)C(C)C. The van der Waals surface area contributed by atoms with Crippen molar-refractivity contribution in [3.05, 3.63) is 0 Å². The molecule has 2 heteroatoms. The minimum atomic E-state index is 0.243. The zero-order valence-corrected chi connectivity index (χ0v) is 6.76. The van der Waals surface area contributed by atoms with Gasteiger partial charge in [0, 0.05) is 12.6 Å². The van der Waals surface area contributed by atoms with Crippen LogP contribution in [0.5, 0.6) is 0 Å². The summed E-state index contributed by atoms with van der Waals surface area (Å²) in [4.78, 5) is 0. The molecular formula is C7H17NO. The highest BCUT2D eigenvalue weighted by atomic mass is 16.5. The maximum absolute atomic E-state index is 9.13. The molecule has 1 N–H and O–H groups in total. The Hall–Kier alpha value is -0.0800. The van der Waals surface area contributed by atoms with Crippen molar-refractivity contribution in [3.8, 4) is 0 Å². The molecule has 0 rings (SSSR count). The summed E-state index contributed by atoms with van der Waals surface area (Å²) in [5.74, 6) is 0.539. The predicted molar refractivity (Wildman–Crippen MR) is 38.5 cm³/mol. The Morgan fingerprint density at radius 3 is 1.78 bits per heavy atom. The van der Waals surface area contributed by atoms with Crippen LogP contribution in [-0.4, -0.2) is 22.9 Å². The van der Waals surface area contributed by atoms with Gasteiger partial charge in [-0.3, -0.25) is 0 Å². The molecule has 0 aromatic rings. The minimum Gasteiger partial charge on any atom is -0.314 e. The molecule has 0 aliphatic rings. The second-order valence-corrected chi connectivity index (χ2v) is 3.11. The monoisotopic (exact) mass is 131 g/mol. The van der Waals surface area contributed by atoms with E-state index >= 15 is 0 Å². The van der Waals surface area contributed by atoms with Crippen LogP contribution in [-0.2, 0) is 0 Å². The first-order valence-electron chi connectivity index (χ1n) is 3.49. The molecule has 0 heterocycles. The van der Waals surface area contributed by atoms with E-state index in [0.717, 1.165) is 6.54 Å². The molecule has 0 saturated heterocycles. The van der Waals surface area contributed by atoms with Crippen LogP contribution in [0.1, 0.15) is 27.7 Å². The molecule has 0 aromatic carbocycles. The van der Waals surface area contributed by atoms with E-state index in [-0.39, 0.29) is 6.04 Å². The topological polar surface area (TPSA) is 23.5 Å². The third-order valence-corrected chi connectivity index (χ3v) is 1.15. The number of nitrogens with zero attached hydrogens (tertiary/aromatic N) is 1. The van der Waals surface area contributed by atoms with Gasteiger partial charge in [0.15, 0.2) is 0 Å².